The molecule has 6 heteroatoms. The fourth-order valence-electron chi connectivity index (χ4n) is 0.353. The predicted octanol–water partition coefficient (Wildman–Crippen LogP) is -3.69. The topological polar surface area (TPSA) is 77.4 Å². The molecule has 0 heterocycles. The maximum atomic E-state index is 9.88. The second kappa shape index (κ2) is 6.07. The van der Waals surface area contributed by atoms with Gasteiger partial charge in [0.2, 0.25) is 0 Å². The molecule has 0 fully saturated rings. The van der Waals surface area contributed by atoms with Gasteiger partial charge < -0.3 is 9.66 Å². The minimum atomic E-state index is -4.24. The van der Waals surface area contributed by atoms with E-state index in [1.165, 1.54) is 0 Å². The van der Waals surface area contributed by atoms with Crippen LogP contribution in [-0.2, 0) is 10.1 Å². The van der Waals surface area contributed by atoms with Crippen LogP contribution in [0, 0.1) is 0 Å². The van der Waals surface area contributed by atoms with Crippen molar-refractivity contribution in [3.8, 4) is 0 Å². The third-order valence-corrected chi connectivity index (χ3v) is 1.66. The summed E-state index contributed by atoms with van der Waals surface area (Å²) in [5, 5.41) is 8.61. The molecule has 0 aromatic carbocycles. The quantitative estimate of drug-likeness (QED) is 0.369. The van der Waals surface area contributed by atoms with Crippen molar-refractivity contribution in [3.05, 3.63) is 0 Å². The summed E-state index contributed by atoms with van der Waals surface area (Å²) in [6.45, 7) is 1.61. The minimum absolute atomic E-state index is 0. The molecule has 0 aliphatic rings. The van der Waals surface area contributed by atoms with Crippen molar-refractivity contribution < 1.29 is 69.5 Å². The summed E-state index contributed by atoms with van der Waals surface area (Å²) in [7, 11) is -4.24. The second-order valence-electron chi connectivity index (χ2n) is 1.79. The monoisotopic (exact) mass is 192 g/mol. The van der Waals surface area contributed by atoms with Gasteiger partial charge in [0.1, 0.15) is 0 Å². The van der Waals surface area contributed by atoms with Crippen LogP contribution in [0.2, 0.25) is 0 Å². The molecule has 0 aromatic heterocycles. The Kier molecular flexibility index (Phi) is 8.53. The molecule has 0 aliphatic heterocycles. The molecule has 0 bridgehead atoms. The van der Waals surface area contributed by atoms with Gasteiger partial charge in [-0.25, -0.2) is 8.42 Å². The second-order valence-corrected chi connectivity index (χ2v) is 3.24. The van der Waals surface area contributed by atoms with Crippen molar-refractivity contribution in [2.75, 3.05) is 5.75 Å². The Morgan fingerprint density at radius 1 is 1.60 bits per heavy atom. The van der Waals surface area contributed by atoms with Gasteiger partial charge in [0.05, 0.1) is 22.0 Å². The van der Waals surface area contributed by atoms with Gasteiger partial charge in [0.15, 0.2) is 0 Å². The summed E-state index contributed by atoms with van der Waals surface area (Å²) in [6.07, 6.45) is -0.714. The van der Waals surface area contributed by atoms with E-state index in [0.717, 1.165) is 0 Å². The molecule has 0 spiro atoms. The van der Waals surface area contributed by atoms with Crippen LogP contribution in [0.5, 0.6) is 0 Å². The third kappa shape index (κ3) is 9.51. The molecule has 0 saturated heterocycles. The summed E-state index contributed by atoms with van der Waals surface area (Å²) in [6, 6.07) is 0. The van der Waals surface area contributed by atoms with E-state index in [-0.39, 0.29) is 51.4 Å². The molecule has 1 N–H and O–H groups in total. The molecule has 4 nitrogen and oxygen atoms in total. The number of rotatable bonds is 3. The molecule has 0 amide bonds. The molecule has 1 atom stereocenters. The van der Waals surface area contributed by atoms with E-state index in [9.17, 15) is 13.0 Å². The molecule has 0 rings (SSSR count). The van der Waals surface area contributed by atoms with Gasteiger partial charge in [-0.05, 0) is 6.42 Å². The van der Waals surface area contributed by atoms with Crippen molar-refractivity contribution in [1.29, 1.82) is 0 Å². The molecule has 56 valence electrons. The molecule has 0 aliphatic carbocycles. The Bertz CT molecular complexity index is 164. The maximum absolute atomic E-state index is 9.88. The van der Waals surface area contributed by atoms with Crippen LogP contribution in [0.3, 0.4) is 0 Å². The number of aliphatic hydroxyl groups is 1. The summed E-state index contributed by atoms with van der Waals surface area (Å²) >= 11 is 0. The fraction of sp³-hybridized carbons (Fsp3) is 1.00. The van der Waals surface area contributed by atoms with Gasteiger partial charge in [-0.2, -0.15) is 0 Å². The standard InChI is InChI=1S/C4H10O4S.K/c1-2-4(5)3-9(6,7)8;/h4-5H,2-3H2,1H3,(H,6,7,8);/q;+1/p-1. The van der Waals surface area contributed by atoms with Crippen LogP contribution >= 0.6 is 0 Å². The first kappa shape index (κ1) is 14.1. The minimum Gasteiger partial charge on any atom is -0.748 e. The van der Waals surface area contributed by atoms with Gasteiger partial charge in [-0.1, -0.05) is 6.92 Å². The van der Waals surface area contributed by atoms with Crippen molar-refractivity contribution >= 4 is 10.1 Å². The Morgan fingerprint density at radius 3 is 2.10 bits per heavy atom. The van der Waals surface area contributed by atoms with Gasteiger partial charge >= 0.3 is 51.4 Å². The molecule has 0 aromatic rings. The van der Waals surface area contributed by atoms with Crippen LogP contribution in [0.15, 0.2) is 0 Å². The Hall–Kier alpha value is 1.51. The first-order valence-electron chi connectivity index (χ1n) is 2.57. The van der Waals surface area contributed by atoms with Crippen LogP contribution < -0.4 is 51.4 Å². The van der Waals surface area contributed by atoms with Crippen LogP contribution in [0.4, 0.5) is 0 Å². The van der Waals surface area contributed by atoms with Crippen molar-refractivity contribution in [2.24, 2.45) is 0 Å². The van der Waals surface area contributed by atoms with E-state index in [2.05, 4.69) is 0 Å². The molecule has 1 unspecified atom stereocenters. The predicted molar refractivity (Wildman–Crippen MR) is 30.9 cm³/mol. The van der Waals surface area contributed by atoms with Gasteiger partial charge in [-0.3, -0.25) is 0 Å². The van der Waals surface area contributed by atoms with Crippen molar-refractivity contribution in [3.63, 3.8) is 0 Å². The molecule has 0 saturated carbocycles. The summed E-state index contributed by atoms with van der Waals surface area (Å²) in [5.74, 6) is -0.677. The smallest absolute Gasteiger partial charge is 0.748 e. The molecule has 0 radical (unpaired) electrons. The Balaban J connectivity index is 0. The summed E-state index contributed by atoms with van der Waals surface area (Å²) < 4.78 is 29.7. The van der Waals surface area contributed by atoms with Crippen molar-refractivity contribution in [1.82, 2.24) is 0 Å². The summed E-state index contributed by atoms with van der Waals surface area (Å²) in [4.78, 5) is 0. The van der Waals surface area contributed by atoms with Gasteiger partial charge in [-0.15, -0.1) is 0 Å². The largest absolute Gasteiger partial charge is 1.00 e. The van der Waals surface area contributed by atoms with E-state index in [4.69, 9.17) is 5.11 Å². The molecular formula is C4H9KO4S. The number of hydrogen-bond acceptors (Lipinski definition) is 4. The first-order valence-corrected chi connectivity index (χ1v) is 4.15. The van der Waals surface area contributed by atoms with Crippen LogP contribution in [0.25, 0.3) is 0 Å². The molecular weight excluding hydrogens is 183 g/mol. The van der Waals surface area contributed by atoms with E-state index in [0.29, 0.717) is 6.42 Å². The number of aliphatic hydroxyl groups excluding tert-OH is 1. The fourth-order valence-corrected chi connectivity index (χ4v) is 1.06. The van der Waals surface area contributed by atoms with E-state index < -0.39 is 22.0 Å². The Morgan fingerprint density at radius 2 is 2.00 bits per heavy atom. The van der Waals surface area contributed by atoms with E-state index >= 15 is 0 Å². The average molecular weight is 192 g/mol. The zero-order valence-electron chi connectivity index (χ0n) is 6.07. The number of hydrogen-bond donors (Lipinski definition) is 1. The average Bonchev–Trinajstić information content (AvgIpc) is 1.62. The zero-order chi connectivity index (χ0) is 7.49. The van der Waals surface area contributed by atoms with E-state index in [1.807, 2.05) is 0 Å². The van der Waals surface area contributed by atoms with Gasteiger partial charge in [0, 0.05) is 0 Å². The van der Waals surface area contributed by atoms with Crippen LogP contribution in [-0.4, -0.2) is 29.9 Å². The van der Waals surface area contributed by atoms with Crippen molar-refractivity contribution in [2.45, 2.75) is 19.4 Å². The SMILES string of the molecule is CCC(O)CS(=O)(=O)[O-].[K+]. The third-order valence-electron chi connectivity index (χ3n) is 0.868. The maximum Gasteiger partial charge on any atom is 1.00 e. The van der Waals surface area contributed by atoms with E-state index in [1.54, 1.807) is 6.92 Å². The van der Waals surface area contributed by atoms with Crippen LogP contribution in [0.1, 0.15) is 13.3 Å². The normalized spacial score (nSPS) is 13.9. The van der Waals surface area contributed by atoms with Gasteiger partial charge in [0.25, 0.3) is 0 Å². The first-order chi connectivity index (χ1) is 3.95. The molecule has 10 heavy (non-hydrogen) atoms. The Labute approximate surface area is 103 Å². The summed E-state index contributed by atoms with van der Waals surface area (Å²) in [5.41, 5.74) is 0. The zero-order valence-corrected chi connectivity index (χ0v) is 10.0.